The predicted molar refractivity (Wildman–Crippen MR) is 76.0 cm³/mol. The molecule has 19 heavy (non-hydrogen) atoms. The van der Waals surface area contributed by atoms with Crippen molar-refractivity contribution >= 4 is 11.6 Å². The van der Waals surface area contributed by atoms with E-state index >= 15 is 0 Å². The number of nitrogens with zero attached hydrogens (tertiary/aromatic N) is 2. The first-order valence-corrected chi connectivity index (χ1v) is 6.52. The van der Waals surface area contributed by atoms with Crippen molar-refractivity contribution < 1.29 is 5.11 Å². The normalized spacial score (nSPS) is 11.2. The predicted octanol–water partition coefficient (Wildman–Crippen LogP) is 2.72. The van der Waals surface area contributed by atoms with Gasteiger partial charge in [-0.25, -0.2) is 4.79 Å². The molecule has 0 saturated carbocycles. The van der Waals surface area contributed by atoms with Crippen molar-refractivity contribution in [2.24, 2.45) is 7.05 Å². The lowest BCUT2D eigenvalue weighted by molar-refractivity contribution is 0.420. The Morgan fingerprint density at radius 3 is 2.37 bits per heavy atom. The van der Waals surface area contributed by atoms with E-state index in [-0.39, 0.29) is 17.5 Å². The fourth-order valence-corrected chi connectivity index (χ4v) is 2.29. The molecule has 0 fully saturated rings. The number of hydrogen-bond donors (Lipinski definition) is 1. The van der Waals surface area contributed by atoms with Crippen LogP contribution in [0.3, 0.4) is 0 Å². The summed E-state index contributed by atoms with van der Waals surface area (Å²) in [7, 11) is 1.57. The molecule has 1 aromatic carbocycles. The molecule has 102 valence electrons. The van der Waals surface area contributed by atoms with Gasteiger partial charge in [0.1, 0.15) is 0 Å². The van der Waals surface area contributed by atoms with E-state index in [2.05, 4.69) is 0 Å². The highest BCUT2D eigenvalue weighted by atomic mass is 35.5. The third-order valence-electron chi connectivity index (χ3n) is 3.16. The first kappa shape index (κ1) is 13.7. The fourth-order valence-electron chi connectivity index (χ4n) is 2.16. The van der Waals surface area contributed by atoms with Crippen LogP contribution in [-0.2, 0) is 13.6 Å². The van der Waals surface area contributed by atoms with Crippen LogP contribution in [0.5, 0.6) is 5.88 Å². The van der Waals surface area contributed by atoms with Crippen molar-refractivity contribution in [1.29, 1.82) is 0 Å². The van der Waals surface area contributed by atoms with E-state index in [1.807, 2.05) is 26.0 Å². The number of halogens is 1. The SMILES string of the molecule is CC(C)c1c(O)n(C)c(=O)n1Cc1ccc(Cl)cc1. The highest BCUT2D eigenvalue weighted by Gasteiger charge is 2.19. The zero-order chi connectivity index (χ0) is 14.2. The van der Waals surface area contributed by atoms with Crippen LogP contribution >= 0.6 is 11.6 Å². The van der Waals surface area contributed by atoms with Crippen LogP contribution in [0.15, 0.2) is 29.1 Å². The van der Waals surface area contributed by atoms with E-state index in [1.165, 1.54) is 4.57 Å². The van der Waals surface area contributed by atoms with E-state index in [1.54, 1.807) is 23.7 Å². The first-order valence-electron chi connectivity index (χ1n) is 6.14. The first-order chi connectivity index (χ1) is 8.91. The molecule has 0 aliphatic carbocycles. The van der Waals surface area contributed by atoms with Gasteiger partial charge in [0.05, 0.1) is 12.2 Å². The Morgan fingerprint density at radius 2 is 1.84 bits per heavy atom. The van der Waals surface area contributed by atoms with Gasteiger partial charge >= 0.3 is 5.69 Å². The van der Waals surface area contributed by atoms with E-state index < -0.39 is 0 Å². The van der Waals surface area contributed by atoms with Gasteiger partial charge in [-0.3, -0.25) is 9.13 Å². The zero-order valence-electron chi connectivity index (χ0n) is 11.2. The van der Waals surface area contributed by atoms with Gasteiger partial charge in [-0.05, 0) is 23.6 Å². The van der Waals surface area contributed by atoms with Crippen LogP contribution in [0.4, 0.5) is 0 Å². The minimum atomic E-state index is -0.212. The molecule has 2 aromatic rings. The lowest BCUT2D eigenvalue weighted by atomic mass is 10.1. The summed E-state index contributed by atoms with van der Waals surface area (Å²) in [5.74, 6) is 0.107. The summed E-state index contributed by atoms with van der Waals surface area (Å²) >= 11 is 5.84. The Bertz CT molecular complexity index is 639. The minimum absolute atomic E-state index is 0.0361. The van der Waals surface area contributed by atoms with E-state index in [0.717, 1.165) is 5.56 Å². The van der Waals surface area contributed by atoms with Crippen molar-refractivity contribution in [1.82, 2.24) is 9.13 Å². The van der Waals surface area contributed by atoms with Gasteiger partial charge in [0, 0.05) is 12.1 Å². The molecule has 2 rings (SSSR count). The number of imidazole rings is 1. The Kier molecular flexibility index (Phi) is 3.71. The average molecular weight is 281 g/mol. The van der Waals surface area contributed by atoms with Crippen LogP contribution in [-0.4, -0.2) is 14.2 Å². The molecule has 0 bridgehead atoms. The number of aromatic hydroxyl groups is 1. The van der Waals surface area contributed by atoms with Crippen molar-refractivity contribution in [3.63, 3.8) is 0 Å². The fraction of sp³-hybridized carbons (Fsp3) is 0.357. The van der Waals surface area contributed by atoms with Crippen molar-refractivity contribution in [3.8, 4) is 5.88 Å². The molecule has 1 aromatic heterocycles. The maximum absolute atomic E-state index is 12.1. The summed E-state index contributed by atoms with van der Waals surface area (Å²) in [5.41, 5.74) is 1.41. The van der Waals surface area contributed by atoms with Gasteiger partial charge in [-0.15, -0.1) is 0 Å². The molecule has 0 aliphatic rings. The second-order valence-corrected chi connectivity index (χ2v) is 5.35. The minimum Gasteiger partial charge on any atom is -0.493 e. The topological polar surface area (TPSA) is 47.2 Å². The molecular formula is C14H17ClN2O2. The molecule has 0 saturated heterocycles. The smallest absolute Gasteiger partial charge is 0.331 e. The quantitative estimate of drug-likeness (QED) is 0.940. The van der Waals surface area contributed by atoms with Crippen LogP contribution < -0.4 is 5.69 Å². The average Bonchev–Trinajstić information content (AvgIpc) is 2.57. The van der Waals surface area contributed by atoms with Gasteiger partial charge in [-0.2, -0.15) is 0 Å². The highest BCUT2D eigenvalue weighted by Crippen LogP contribution is 2.24. The summed E-state index contributed by atoms with van der Waals surface area (Å²) in [6.07, 6.45) is 0. The van der Waals surface area contributed by atoms with E-state index in [9.17, 15) is 9.90 Å². The molecule has 0 radical (unpaired) electrons. The molecule has 0 atom stereocenters. The zero-order valence-corrected chi connectivity index (χ0v) is 12.0. The molecule has 1 N–H and O–H groups in total. The Hall–Kier alpha value is -1.68. The molecule has 0 unspecified atom stereocenters. The number of rotatable bonds is 3. The second-order valence-electron chi connectivity index (χ2n) is 4.92. The Balaban J connectivity index is 2.48. The third kappa shape index (κ3) is 2.54. The maximum Gasteiger partial charge on any atom is 0.331 e. The van der Waals surface area contributed by atoms with Crippen LogP contribution in [0.1, 0.15) is 31.0 Å². The van der Waals surface area contributed by atoms with Crippen LogP contribution in [0.25, 0.3) is 0 Å². The van der Waals surface area contributed by atoms with E-state index in [0.29, 0.717) is 17.3 Å². The number of aromatic nitrogens is 2. The van der Waals surface area contributed by atoms with Crippen molar-refractivity contribution in [3.05, 3.63) is 51.0 Å². The highest BCUT2D eigenvalue weighted by molar-refractivity contribution is 6.30. The van der Waals surface area contributed by atoms with Gasteiger partial charge in [0.25, 0.3) is 0 Å². The molecular weight excluding hydrogens is 264 g/mol. The van der Waals surface area contributed by atoms with Crippen molar-refractivity contribution in [2.45, 2.75) is 26.3 Å². The molecule has 0 spiro atoms. The number of hydrogen-bond acceptors (Lipinski definition) is 2. The third-order valence-corrected chi connectivity index (χ3v) is 3.41. The Labute approximate surface area is 116 Å². The van der Waals surface area contributed by atoms with E-state index in [4.69, 9.17) is 11.6 Å². The van der Waals surface area contributed by atoms with Gasteiger partial charge in [-0.1, -0.05) is 37.6 Å². The van der Waals surface area contributed by atoms with Gasteiger partial charge in [0.15, 0.2) is 0 Å². The second kappa shape index (κ2) is 5.13. The van der Waals surface area contributed by atoms with Crippen LogP contribution in [0, 0.1) is 0 Å². The van der Waals surface area contributed by atoms with Gasteiger partial charge < -0.3 is 5.11 Å². The maximum atomic E-state index is 12.1. The summed E-state index contributed by atoms with van der Waals surface area (Å²) in [6, 6.07) is 7.34. The Morgan fingerprint density at radius 1 is 1.26 bits per heavy atom. The molecule has 4 nitrogen and oxygen atoms in total. The lowest BCUT2D eigenvalue weighted by Crippen LogP contribution is -2.24. The monoisotopic (exact) mass is 280 g/mol. The summed E-state index contributed by atoms with van der Waals surface area (Å²) < 4.78 is 2.87. The van der Waals surface area contributed by atoms with Crippen molar-refractivity contribution in [2.75, 3.05) is 0 Å². The molecule has 1 heterocycles. The summed E-state index contributed by atoms with van der Waals surface area (Å²) in [4.78, 5) is 12.1. The largest absolute Gasteiger partial charge is 0.493 e. The summed E-state index contributed by atoms with van der Waals surface area (Å²) in [6.45, 7) is 4.33. The molecule has 0 aliphatic heterocycles. The standard InChI is InChI=1S/C14H17ClN2O2/c1-9(2)12-13(18)16(3)14(19)17(12)8-10-4-6-11(15)7-5-10/h4-7,9,18H,8H2,1-3H3. The molecule has 0 amide bonds. The van der Waals surface area contributed by atoms with Gasteiger partial charge in [0.2, 0.25) is 5.88 Å². The van der Waals surface area contributed by atoms with Crippen LogP contribution in [0.2, 0.25) is 5.02 Å². The summed E-state index contributed by atoms with van der Waals surface area (Å²) in [5, 5.41) is 10.7. The molecule has 5 heteroatoms. The number of benzene rings is 1. The lowest BCUT2D eigenvalue weighted by Gasteiger charge is -2.10.